The number of nitriles is 2. The Bertz CT molecular complexity index is 2300. The topological polar surface area (TPSA) is 226 Å². The van der Waals surface area contributed by atoms with E-state index in [9.17, 15) is 37.9 Å². The molecule has 0 radical (unpaired) electrons. The maximum atomic E-state index is 12.8. The summed E-state index contributed by atoms with van der Waals surface area (Å²) in [5.41, 5.74) is -0.210. The molecule has 0 aliphatic heterocycles. The van der Waals surface area contributed by atoms with E-state index in [-0.39, 0.29) is 47.3 Å². The van der Waals surface area contributed by atoms with Crippen molar-refractivity contribution in [3.63, 3.8) is 0 Å². The van der Waals surface area contributed by atoms with Crippen LogP contribution in [0, 0.1) is 42.7 Å². The van der Waals surface area contributed by atoms with Crippen LogP contribution in [0.4, 0.5) is 0 Å². The zero-order valence-electron chi connectivity index (χ0n) is 28.2. The van der Waals surface area contributed by atoms with E-state index in [4.69, 9.17) is 37.0 Å². The summed E-state index contributed by atoms with van der Waals surface area (Å²) in [6.45, 7) is 15.3. The first-order valence-electron chi connectivity index (χ1n) is 14.9. The fourth-order valence-electron chi connectivity index (χ4n) is 4.49. The molecule has 272 valence electrons. The molecule has 17 nitrogen and oxygen atoms in total. The largest absolute Gasteiger partial charge is 0.491 e. The summed E-state index contributed by atoms with van der Waals surface area (Å²) in [7, 11) is -2.41. The maximum Gasteiger partial charge on any atom is 0.339 e. The molecular formula is C35H28N4O13S. The summed E-state index contributed by atoms with van der Waals surface area (Å²) >= 11 is 0. The molecular weight excluding hydrogens is 716 g/mol. The summed E-state index contributed by atoms with van der Waals surface area (Å²) in [4.78, 5) is 53.1. The third-order valence-corrected chi connectivity index (χ3v) is 7.75. The van der Waals surface area contributed by atoms with Crippen molar-refractivity contribution in [1.82, 2.24) is 0 Å². The van der Waals surface area contributed by atoms with Crippen LogP contribution in [0.3, 0.4) is 0 Å². The second kappa shape index (κ2) is 19.0. The molecule has 3 aromatic carbocycles. The number of esters is 3. The lowest BCUT2D eigenvalue weighted by atomic mass is 10.1. The van der Waals surface area contributed by atoms with Gasteiger partial charge in [-0.15, -0.1) is 0 Å². The van der Waals surface area contributed by atoms with Crippen LogP contribution in [-0.2, 0) is 40.7 Å². The van der Waals surface area contributed by atoms with Crippen LogP contribution >= 0.6 is 0 Å². The number of ether oxygens (including phenoxy) is 5. The van der Waals surface area contributed by atoms with Crippen molar-refractivity contribution in [3.8, 4) is 23.6 Å². The fourth-order valence-corrected chi connectivity index (χ4v) is 5.00. The van der Waals surface area contributed by atoms with Gasteiger partial charge in [0.25, 0.3) is 21.5 Å². The van der Waals surface area contributed by atoms with Crippen molar-refractivity contribution in [2.75, 3.05) is 40.6 Å². The highest BCUT2D eigenvalue weighted by Gasteiger charge is 2.23. The van der Waals surface area contributed by atoms with Gasteiger partial charge in [-0.05, 0) is 48.9 Å². The van der Waals surface area contributed by atoms with Crippen molar-refractivity contribution in [2.45, 2.75) is 18.4 Å². The molecule has 0 aliphatic carbocycles. The second-order valence-corrected chi connectivity index (χ2v) is 11.6. The first-order chi connectivity index (χ1) is 25.3. The van der Waals surface area contributed by atoms with E-state index < -0.39 is 68.7 Å². The number of nitrogens with zero attached hydrogens (tertiary/aromatic N) is 4. The molecule has 0 saturated carbocycles. The summed E-state index contributed by atoms with van der Waals surface area (Å²) < 4.78 is 58.9. The standard InChI is InChI=1S/C35H28N4O13S/c1-21-6-8-24(22(14-21)20-52-47-5)34(41)50-12-10-48-31-16-28(30(19-37)39-3)32(17-27(31)29(18-36)38-2)49-11-13-51-35(42)25-9-7-23(53(43,44)45)15-26(25)33(40)46-4/h6-9,14-17H,10-13,20H2,1,4-5H3,(H,43,44,45)/b29-27-,30-28+. The zero-order chi connectivity index (χ0) is 39.1. The minimum Gasteiger partial charge on any atom is -0.491 e. The average molecular weight is 745 g/mol. The normalized spacial score (nSPS) is 11.7. The minimum absolute atomic E-state index is 0.0198. The molecule has 0 aliphatic rings. The number of methoxy groups -OCH3 is 1. The number of hydrogen-bond donors (Lipinski definition) is 1. The minimum atomic E-state index is -4.72. The van der Waals surface area contributed by atoms with Gasteiger partial charge in [-0.25, -0.2) is 44.4 Å². The van der Waals surface area contributed by atoms with Gasteiger partial charge in [0.2, 0.25) is 0 Å². The molecule has 3 aromatic rings. The Kier molecular flexibility index (Phi) is 14.6. The lowest BCUT2D eigenvalue weighted by Gasteiger charge is -2.14. The summed E-state index contributed by atoms with van der Waals surface area (Å²) in [5.74, 6) is -3.16. The van der Waals surface area contributed by atoms with Crippen LogP contribution < -0.4 is 19.9 Å². The highest BCUT2D eigenvalue weighted by atomic mass is 32.2. The Morgan fingerprint density at radius 1 is 0.755 bits per heavy atom. The molecule has 1 N–H and O–H groups in total. The van der Waals surface area contributed by atoms with Gasteiger partial charge in [-0.1, -0.05) is 17.7 Å². The predicted molar refractivity (Wildman–Crippen MR) is 179 cm³/mol. The van der Waals surface area contributed by atoms with E-state index in [1.807, 2.05) is 6.92 Å². The van der Waals surface area contributed by atoms with E-state index in [1.165, 1.54) is 19.2 Å². The second-order valence-electron chi connectivity index (χ2n) is 10.2. The Hall–Kier alpha value is -6.80. The summed E-state index contributed by atoms with van der Waals surface area (Å²) in [5, 5.41) is 19.1. The first kappa shape index (κ1) is 40.6. The fraction of sp³-hybridized carbons (Fsp3) is 0.229. The van der Waals surface area contributed by atoms with Gasteiger partial charge in [-0.2, -0.15) is 8.42 Å². The zero-order valence-corrected chi connectivity index (χ0v) is 29.0. The van der Waals surface area contributed by atoms with Crippen LogP contribution in [0.25, 0.3) is 21.1 Å². The summed E-state index contributed by atoms with van der Waals surface area (Å²) in [6, 6.07) is 13.4. The van der Waals surface area contributed by atoms with Crippen LogP contribution in [0.2, 0.25) is 0 Å². The number of benzene rings is 3. The van der Waals surface area contributed by atoms with Gasteiger partial charge < -0.3 is 23.7 Å². The smallest absolute Gasteiger partial charge is 0.339 e. The highest BCUT2D eigenvalue weighted by molar-refractivity contribution is 7.85. The first-order valence-corrected chi connectivity index (χ1v) is 16.3. The van der Waals surface area contributed by atoms with Crippen LogP contribution in [0.1, 0.15) is 42.2 Å². The van der Waals surface area contributed by atoms with Gasteiger partial charge in [0.05, 0.1) is 61.1 Å². The number of hydrogen-bond acceptors (Lipinski definition) is 14. The lowest BCUT2D eigenvalue weighted by Crippen LogP contribution is -2.23. The van der Waals surface area contributed by atoms with Gasteiger partial charge in [0, 0.05) is 10.4 Å². The van der Waals surface area contributed by atoms with Crippen LogP contribution in [0.5, 0.6) is 11.5 Å². The molecule has 0 spiro atoms. The van der Waals surface area contributed by atoms with Gasteiger partial charge in [0.1, 0.15) is 44.5 Å². The van der Waals surface area contributed by atoms with Crippen molar-refractivity contribution < 1.29 is 60.8 Å². The number of aryl methyl sites for hydroxylation is 1. The third-order valence-electron chi connectivity index (χ3n) is 6.90. The lowest BCUT2D eigenvalue weighted by molar-refractivity contribution is -0.282. The number of rotatable bonds is 15. The molecule has 0 unspecified atom stereocenters. The molecule has 18 heteroatoms. The molecule has 0 aromatic heterocycles. The third kappa shape index (κ3) is 10.6. The predicted octanol–water partition coefficient (Wildman–Crippen LogP) is 2.68. The molecule has 0 bridgehead atoms. The van der Waals surface area contributed by atoms with E-state index in [2.05, 4.69) is 19.3 Å². The van der Waals surface area contributed by atoms with Gasteiger partial charge in [-0.3, -0.25) is 4.55 Å². The molecule has 3 rings (SSSR count). The molecule has 0 saturated heterocycles. The van der Waals surface area contributed by atoms with Gasteiger partial charge >= 0.3 is 17.9 Å². The van der Waals surface area contributed by atoms with Crippen LogP contribution in [0.15, 0.2) is 53.4 Å². The molecule has 53 heavy (non-hydrogen) atoms. The van der Waals surface area contributed by atoms with E-state index >= 15 is 0 Å². The van der Waals surface area contributed by atoms with E-state index in [1.54, 1.807) is 30.3 Å². The van der Waals surface area contributed by atoms with Crippen LogP contribution in [-0.4, -0.2) is 71.5 Å². The Morgan fingerprint density at radius 3 is 1.75 bits per heavy atom. The number of carbonyl (C=O) groups is 3. The molecule has 0 fully saturated rings. The quantitative estimate of drug-likeness (QED) is 0.0449. The Morgan fingerprint density at radius 2 is 1.28 bits per heavy atom. The van der Waals surface area contributed by atoms with E-state index in [0.29, 0.717) is 5.56 Å². The van der Waals surface area contributed by atoms with Crippen molar-refractivity contribution in [2.24, 2.45) is 0 Å². The average Bonchev–Trinajstić information content (AvgIpc) is 3.14. The highest BCUT2D eigenvalue weighted by Crippen LogP contribution is 2.19. The number of carbonyl (C=O) groups excluding carboxylic acids is 3. The van der Waals surface area contributed by atoms with Crippen molar-refractivity contribution in [3.05, 3.63) is 110 Å². The Labute approximate surface area is 302 Å². The van der Waals surface area contributed by atoms with Crippen molar-refractivity contribution in [1.29, 1.82) is 10.5 Å². The molecule has 0 heterocycles. The Balaban J connectivity index is 1.85. The van der Waals surface area contributed by atoms with Crippen molar-refractivity contribution >= 4 is 39.4 Å². The molecule has 0 amide bonds. The monoisotopic (exact) mass is 744 g/mol. The van der Waals surface area contributed by atoms with E-state index in [0.717, 1.165) is 30.9 Å². The molecule has 0 atom stereocenters. The van der Waals surface area contributed by atoms with Gasteiger partial charge in [0.15, 0.2) is 0 Å². The maximum absolute atomic E-state index is 12.8. The summed E-state index contributed by atoms with van der Waals surface area (Å²) in [6.07, 6.45) is 0. The SMILES string of the molecule is [C-]#[N+]/C(C#N)=c1/cc(OCCOC(=O)c2ccc(S(=O)(=O)O)cc2C(=O)OC)/c(=C(\C#N)[N+]#[C-])cc1OCCOC(=O)c1ccc(C)cc1COOC.